The Bertz CT molecular complexity index is 1350. The number of aromatic nitrogens is 4. The van der Waals surface area contributed by atoms with Crippen LogP contribution in [-0.4, -0.2) is 73.4 Å². The molecule has 2 aromatic carbocycles. The van der Waals surface area contributed by atoms with Crippen LogP contribution >= 0.6 is 47.2 Å². The minimum Gasteiger partial charge on any atom is -0.492 e. The Kier molecular flexibility index (Phi) is 8.96. The van der Waals surface area contributed by atoms with Gasteiger partial charge in [-0.3, -0.25) is 14.6 Å². The Morgan fingerprint density at radius 2 is 1.97 bits per heavy atom. The molecule has 2 aliphatic heterocycles. The van der Waals surface area contributed by atoms with E-state index < -0.39 is 0 Å². The summed E-state index contributed by atoms with van der Waals surface area (Å²) in [5.41, 5.74) is 2.55. The van der Waals surface area contributed by atoms with Gasteiger partial charge in [0.05, 0.1) is 4.91 Å². The molecule has 2 aliphatic rings. The molecule has 38 heavy (non-hydrogen) atoms. The Labute approximate surface area is 240 Å². The normalized spacial score (nSPS) is 17.2. The van der Waals surface area contributed by atoms with E-state index in [0.29, 0.717) is 56.8 Å². The minimum atomic E-state index is -0.119. The van der Waals surface area contributed by atoms with Crippen molar-refractivity contribution in [3.8, 4) is 16.9 Å². The number of ether oxygens (including phenoxy) is 1. The molecule has 0 atom stereocenters. The zero-order chi connectivity index (χ0) is 26.5. The number of tetrazole rings is 1. The molecule has 1 amide bonds. The number of nitrogens with zero attached hydrogens (tertiary/aromatic N) is 5. The number of thiocarbonyl (C=S) groups is 1. The number of halogens is 2. The van der Waals surface area contributed by atoms with Crippen LogP contribution in [0, 0.1) is 0 Å². The van der Waals surface area contributed by atoms with Gasteiger partial charge in [0.1, 0.15) is 16.7 Å². The molecule has 3 aromatic rings. The maximum absolute atomic E-state index is 13.3. The fraction of sp³-hybridized carbons (Fsp3) is 0.346. The fourth-order valence-electron chi connectivity index (χ4n) is 4.49. The fourth-order valence-corrected chi connectivity index (χ4v) is 6.31. The third-order valence-electron chi connectivity index (χ3n) is 6.45. The predicted octanol–water partition coefficient (Wildman–Crippen LogP) is 5.48. The predicted molar refractivity (Wildman–Crippen MR) is 155 cm³/mol. The van der Waals surface area contributed by atoms with Crippen molar-refractivity contribution in [3.63, 3.8) is 0 Å². The third kappa shape index (κ3) is 6.55. The average Bonchev–Trinajstić information content (AvgIpc) is 3.65. The van der Waals surface area contributed by atoms with E-state index in [1.165, 1.54) is 24.6 Å². The number of hydrogen-bond acceptors (Lipinski definition) is 8. The first kappa shape index (κ1) is 27.1. The topological polar surface area (TPSA) is 87.2 Å². The lowest BCUT2D eigenvalue weighted by molar-refractivity contribution is -0.122. The highest BCUT2D eigenvalue weighted by molar-refractivity contribution is 8.26. The maximum Gasteiger partial charge on any atom is 0.266 e. The molecule has 1 aromatic heterocycles. The average molecular weight is 590 g/mol. The summed E-state index contributed by atoms with van der Waals surface area (Å²) in [6.45, 7) is 4.14. The maximum atomic E-state index is 13.3. The SMILES string of the molecule is O=C1C(=Cc2cc(-c3ccc(Cl)cc3Cl)ccc2OCCN2CCCC2)SC(=S)N1CCCc1nn[nH]n1. The van der Waals surface area contributed by atoms with E-state index in [0.717, 1.165) is 36.3 Å². The third-order valence-corrected chi connectivity index (χ3v) is 8.37. The Hall–Kier alpha value is -2.50. The van der Waals surface area contributed by atoms with Crippen molar-refractivity contribution in [2.45, 2.75) is 25.7 Å². The second-order valence-electron chi connectivity index (χ2n) is 9.04. The number of hydrogen-bond donors (Lipinski definition) is 1. The van der Waals surface area contributed by atoms with Crippen molar-refractivity contribution in [2.24, 2.45) is 0 Å². The lowest BCUT2D eigenvalue weighted by atomic mass is 10.0. The van der Waals surface area contributed by atoms with Crippen LogP contribution < -0.4 is 4.74 Å². The molecular weight excluding hydrogens is 563 g/mol. The number of aryl methyl sites for hydroxylation is 1. The number of H-pyrrole nitrogens is 1. The second kappa shape index (κ2) is 12.6. The van der Waals surface area contributed by atoms with E-state index in [9.17, 15) is 4.79 Å². The highest BCUT2D eigenvalue weighted by Gasteiger charge is 2.32. The number of thioether (sulfide) groups is 1. The number of nitrogens with one attached hydrogen (secondary N) is 1. The van der Waals surface area contributed by atoms with Crippen molar-refractivity contribution >= 4 is 63.5 Å². The Morgan fingerprint density at radius 1 is 1.13 bits per heavy atom. The van der Waals surface area contributed by atoms with Gasteiger partial charge >= 0.3 is 0 Å². The quantitative estimate of drug-likeness (QED) is 0.246. The van der Waals surface area contributed by atoms with Gasteiger partial charge in [-0.05, 0) is 68.3 Å². The van der Waals surface area contributed by atoms with Crippen LogP contribution in [0.15, 0.2) is 41.3 Å². The number of carbonyl (C=O) groups excluding carboxylic acids is 1. The molecule has 2 saturated heterocycles. The summed E-state index contributed by atoms with van der Waals surface area (Å²) in [6, 6.07) is 11.3. The van der Waals surface area contributed by atoms with Crippen LogP contribution in [0.3, 0.4) is 0 Å². The van der Waals surface area contributed by atoms with Gasteiger partial charge < -0.3 is 4.74 Å². The number of benzene rings is 2. The van der Waals surface area contributed by atoms with E-state index in [4.69, 9.17) is 40.2 Å². The number of carbonyl (C=O) groups is 1. The molecule has 0 unspecified atom stereocenters. The Morgan fingerprint density at radius 3 is 2.74 bits per heavy atom. The van der Waals surface area contributed by atoms with Crippen LogP contribution in [0.1, 0.15) is 30.7 Å². The van der Waals surface area contributed by atoms with Crippen molar-refractivity contribution in [3.05, 3.63) is 62.7 Å². The van der Waals surface area contributed by atoms with Crippen LogP contribution in [0.4, 0.5) is 0 Å². The van der Waals surface area contributed by atoms with E-state index in [1.54, 1.807) is 11.0 Å². The summed E-state index contributed by atoms with van der Waals surface area (Å²) >= 11 is 19.4. The van der Waals surface area contributed by atoms with Crippen molar-refractivity contribution in [1.82, 2.24) is 30.4 Å². The Balaban J connectivity index is 1.37. The first-order valence-electron chi connectivity index (χ1n) is 12.4. The largest absolute Gasteiger partial charge is 0.492 e. The van der Waals surface area contributed by atoms with Crippen LogP contribution in [0.25, 0.3) is 17.2 Å². The summed E-state index contributed by atoms with van der Waals surface area (Å²) in [5.74, 6) is 1.20. The molecule has 0 saturated carbocycles. The molecule has 0 spiro atoms. The number of rotatable bonds is 10. The summed E-state index contributed by atoms with van der Waals surface area (Å²) < 4.78 is 6.74. The van der Waals surface area contributed by atoms with Crippen molar-refractivity contribution in [1.29, 1.82) is 0 Å². The molecule has 198 valence electrons. The molecule has 0 aliphatic carbocycles. The molecule has 0 bridgehead atoms. The van der Waals surface area contributed by atoms with Gasteiger partial charge in [0, 0.05) is 40.7 Å². The van der Waals surface area contributed by atoms with E-state index in [1.807, 2.05) is 36.4 Å². The smallest absolute Gasteiger partial charge is 0.266 e. The van der Waals surface area contributed by atoms with Gasteiger partial charge in [-0.2, -0.15) is 5.21 Å². The first-order valence-corrected chi connectivity index (χ1v) is 14.4. The number of aromatic amines is 1. The molecule has 3 heterocycles. The number of amides is 1. The van der Waals surface area contributed by atoms with Gasteiger partial charge in [-0.15, -0.1) is 10.2 Å². The van der Waals surface area contributed by atoms with Gasteiger partial charge in [0.25, 0.3) is 5.91 Å². The number of likely N-dealkylation sites (tertiary alicyclic amines) is 1. The lowest BCUT2D eigenvalue weighted by Crippen LogP contribution is -2.29. The van der Waals surface area contributed by atoms with Gasteiger partial charge in [0.2, 0.25) is 0 Å². The molecule has 1 N–H and O–H groups in total. The molecule has 5 rings (SSSR count). The zero-order valence-electron chi connectivity index (χ0n) is 20.5. The molecular formula is C26H26Cl2N6O2S2. The molecule has 2 fully saturated rings. The second-order valence-corrected chi connectivity index (χ2v) is 11.6. The monoisotopic (exact) mass is 588 g/mol. The summed E-state index contributed by atoms with van der Waals surface area (Å²) in [7, 11) is 0. The van der Waals surface area contributed by atoms with Crippen molar-refractivity contribution in [2.75, 3.05) is 32.8 Å². The minimum absolute atomic E-state index is 0.119. The zero-order valence-corrected chi connectivity index (χ0v) is 23.7. The molecule has 0 radical (unpaired) electrons. The van der Waals surface area contributed by atoms with Crippen LogP contribution in [0.2, 0.25) is 10.0 Å². The van der Waals surface area contributed by atoms with Gasteiger partial charge in [0.15, 0.2) is 5.82 Å². The van der Waals surface area contributed by atoms with E-state index in [2.05, 4.69) is 25.5 Å². The standard InChI is InChI=1S/C26H26Cl2N6O2S2/c27-19-6-7-20(21(28)16-19)17-5-8-22(36-13-12-33-9-1-2-10-33)18(14-17)15-23-25(35)34(26(37)38-23)11-3-4-24-29-31-32-30-24/h5-8,14-16H,1-4,9-13H2,(H,29,30,31,32). The summed E-state index contributed by atoms with van der Waals surface area (Å²) in [6.07, 6.45) is 5.61. The van der Waals surface area contributed by atoms with Crippen LogP contribution in [0.5, 0.6) is 5.75 Å². The van der Waals surface area contributed by atoms with Crippen molar-refractivity contribution < 1.29 is 9.53 Å². The molecule has 12 heteroatoms. The lowest BCUT2D eigenvalue weighted by Gasteiger charge is -2.17. The highest BCUT2D eigenvalue weighted by Crippen LogP contribution is 2.37. The summed E-state index contributed by atoms with van der Waals surface area (Å²) in [5, 5.41) is 15.1. The van der Waals surface area contributed by atoms with E-state index in [-0.39, 0.29) is 5.91 Å². The van der Waals surface area contributed by atoms with E-state index >= 15 is 0 Å². The highest BCUT2D eigenvalue weighted by atomic mass is 35.5. The van der Waals surface area contributed by atoms with Crippen LogP contribution in [-0.2, 0) is 11.2 Å². The van der Waals surface area contributed by atoms with Gasteiger partial charge in [-0.25, -0.2) is 0 Å². The molecule has 8 nitrogen and oxygen atoms in total. The van der Waals surface area contributed by atoms with Gasteiger partial charge in [-0.1, -0.05) is 64.5 Å². The summed E-state index contributed by atoms with van der Waals surface area (Å²) in [4.78, 5) is 17.9. The first-order chi connectivity index (χ1) is 18.5.